The van der Waals surface area contributed by atoms with Crippen molar-refractivity contribution in [1.29, 1.82) is 0 Å². The lowest BCUT2D eigenvalue weighted by Crippen LogP contribution is -2.28. The Kier molecular flexibility index (Phi) is 3.48. The number of nitrogens with one attached hydrogen (secondary N) is 1. The molecule has 0 radical (unpaired) electrons. The van der Waals surface area contributed by atoms with Crippen LogP contribution in [0.3, 0.4) is 0 Å². The van der Waals surface area contributed by atoms with E-state index in [0.717, 1.165) is 18.5 Å². The Morgan fingerprint density at radius 1 is 1.20 bits per heavy atom. The maximum absolute atomic E-state index is 10.7. The van der Waals surface area contributed by atoms with Crippen molar-refractivity contribution in [3.8, 4) is 0 Å². The summed E-state index contributed by atoms with van der Waals surface area (Å²) in [5.41, 5.74) is 3.97. The zero-order valence-corrected chi connectivity index (χ0v) is 11.1. The summed E-state index contributed by atoms with van der Waals surface area (Å²) < 4.78 is 0. The second-order valence-corrected chi connectivity index (χ2v) is 5.16. The Morgan fingerprint density at radius 2 is 2.05 bits per heavy atom. The molecule has 1 atom stereocenters. The van der Waals surface area contributed by atoms with Gasteiger partial charge in [0.05, 0.1) is 4.92 Å². The molecule has 1 aliphatic rings. The van der Waals surface area contributed by atoms with E-state index in [1.807, 2.05) is 6.07 Å². The number of fused-ring (bicyclic) bond motifs is 1. The van der Waals surface area contributed by atoms with Crippen molar-refractivity contribution >= 4 is 5.69 Å². The van der Waals surface area contributed by atoms with E-state index in [4.69, 9.17) is 0 Å². The smallest absolute Gasteiger partial charge is 0.269 e. The first-order valence-corrected chi connectivity index (χ1v) is 6.76. The third kappa shape index (κ3) is 2.56. The predicted octanol–water partition coefficient (Wildman–Crippen LogP) is 3.02. The minimum atomic E-state index is -0.355. The van der Waals surface area contributed by atoms with Gasteiger partial charge in [0.1, 0.15) is 0 Å². The molecule has 0 spiro atoms. The van der Waals surface area contributed by atoms with Gasteiger partial charge in [-0.25, -0.2) is 0 Å². The van der Waals surface area contributed by atoms with Crippen LogP contribution < -0.4 is 5.32 Å². The maximum atomic E-state index is 10.7. The van der Waals surface area contributed by atoms with Gasteiger partial charge in [0.25, 0.3) is 5.69 Å². The van der Waals surface area contributed by atoms with Gasteiger partial charge in [0.2, 0.25) is 0 Å². The highest BCUT2D eigenvalue weighted by atomic mass is 16.6. The molecular weight excluding hydrogens is 252 g/mol. The van der Waals surface area contributed by atoms with Crippen LogP contribution in [0.1, 0.15) is 22.6 Å². The molecule has 0 aromatic heterocycles. The average molecular weight is 268 g/mol. The monoisotopic (exact) mass is 268 g/mol. The molecule has 2 aromatic carbocycles. The molecule has 4 heteroatoms. The van der Waals surface area contributed by atoms with Crippen LogP contribution in [0.2, 0.25) is 0 Å². The van der Waals surface area contributed by atoms with Crippen LogP contribution in [-0.2, 0) is 13.0 Å². The molecule has 1 aliphatic carbocycles. The quantitative estimate of drug-likeness (QED) is 0.670. The van der Waals surface area contributed by atoms with Crippen LogP contribution in [0.5, 0.6) is 0 Å². The summed E-state index contributed by atoms with van der Waals surface area (Å²) in [6.45, 7) is 1.58. The minimum Gasteiger partial charge on any atom is -0.312 e. The molecular formula is C16H16N2O2. The molecule has 3 rings (SSSR count). The molecule has 2 aromatic rings. The van der Waals surface area contributed by atoms with Gasteiger partial charge in [-0.1, -0.05) is 36.4 Å². The summed E-state index contributed by atoms with van der Waals surface area (Å²) in [4.78, 5) is 10.4. The first kappa shape index (κ1) is 12.8. The average Bonchev–Trinajstić information content (AvgIpc) is 2.44. The minimum absolute atomic E-state index is 0.151. The second kappa shape index (κ2) is 5.43. The van der Waals surface area contributed by atoms with E-state index in [9.17, 15) is 10.1 Å². The van der Waals surface area contributed by atoms with Gasteiger partial charge >= 0.3 is 0 Å². The molecule has 20 heavy (non-hydrogen) atoms. The van der Waals surface area contributed by atoms with Gasteiger partial charge in [0.15, 0.2) is 0 Å². The highest BCUT2D eigenvalue weighted by Crippen LogP contribution is 2.34. The van der Waals surface area contributed by atoms with Gasteiger partial charge in [-0.3, -0.25) is 10.1 Å². The Bertz CT molecular complexity index is 640. The SMILES string of the molecule is O=[N+]([O-])c1cccc(CNCC2Cc3ccccc32)c1. The van der Waals surface area contributed by atoms with Crippen LogP contribution in [0.4, 0.5) is 5.69 Å². The third-order valence-electron chi connectivity index (χ3n) is 3.80. The summed E-state index contributed by atoms with van der Waals surface area (Å²) >= 11 is 0. The number of benzene rings is 2. The standard InChI is InChI=1S/C16H16N2O2/c19-18(20)15-6-3-4-12(8-15)10-17-11-14-9-13-5-1-2-7-16(13)14/h1-8,14,17H,9-11H2. The van der Waals surface area contributed by atoms with Crippen molar-refractivity contribution in [2.75, 3.05) is 6.54 Å². The number of non-ortho nitro benzene ring substituents is 1. The molecule has 0 saturated heterocycles. The van der Waals surface area contributed by atoms with E-state index in [-0.39, 0.29) is 10.6 Å². The molecule has 0 bridgehead atoms. The van der Waals surface area contributed by atoms with E-state index < -0.39 is 0 Å². The second-order valence-electron chi connectivity index (χ2n) is 5.16. The van der Waals surface area contributed by atoms with Crippen molar-refractivity contribution in [2.24, 2.45) is 0 Å². The summed E-state index contributed by atoms with van der Waals surface area (Å²) in [5.74, 6) is 0.574. The van der Waals surface area contributed by atoms with Crippen LogP contribution in [-0.4, -0.2) is 11.5 Å². The van der Waals surface area contributed by atoms with Crippen LogP contribution in [0, 0.1) is 10.1 Å². The van der Waals surface area contributed by atoms with E-state index in [1.165, 1.54) is 17.2 Å². The zero-order valence-electron chi connectivity index (χ0n) is 11.1. The highest BCUT2D eigenvalue weighted by molar-refractivity contribution is 5.40. The molecule has 0 aliphatic heterocycles. The van der Waals surface area contributed by atoms with E-state index >= 15 is 0 Å². The number of nitrogens with zero attached hydrogens (tertiary/aromatic N) is 1. The maximum Gasteiger partial charge on any atom is 0.269 e. The number of nitro benzene ring substituents is 1. The van der Waals surface area contributed by atoms with Crippen molar-refractivity contribution in [2.45, 2.75) is 18.9 Å². The molecule has 0 fully saturated rings. The molecule has 0 saturated carbocycles. The summed E-state index contributed by atoms with van der Waals surface area (Å²) in [6, 6.07) is 15.3. The number of rotatable bonds is 5. The van der Waals surface area contributed by atoms with Gasteiger partial charge in [-0.2, -0.15) is 0 Å². The predicted molar refractivity (Wildman–Crippen MR) is 77.7 cm³/mol. The Labute approximate surface area is 117 Å². The molecule has 1 unspecified atom stereocenters. The van der Waals surface area contributed by atoms with Crippen LogP contribution in [0.15, 0.2) is 48.5 Å². The number of hydrogen-bond acceptors (Lipinski definition) is 3. The lowest BCUT2D eigenvalue weighted by Gasteiger charge is -2.30. The molecule has 0 amide bonds. The third-order valence-corrected chi connectivity index (χ3v) is 3.80. The largest absolute Gasteiger partial charge is 0.312 e. The van der Waals surface area contributed by atoms with E-state index in [0.29, 0.717) is 12.5 Å². The first-order chi connectivity index (χ1) is 9.74. The fourth-order valence-corrected chi connectivity index (χ4v) is 2.72. The Hall–Kier alpha value is -2.20. The normalized spacial score (nSPS) is 16.3. The number of nitro groups is 1. The first-order valence-electron chi connectivity index (χ1n) is 6.76. The van der Waals surface area contributed by atoms with Crippen LogP contribution >= 0.6 is 0 Å². The van der Waals surface area contributed by atoms with Crippen molar-refractivity contribution < 1.29 is 4.92 Å². The Morgan fingerprint density at radius 3 is 2.85 bits per heavy atom. The summed E-state index contributed by atoms with van der Waals surface area (Å²) in [7, 11) is 0. The molecule has 0 heterocycles. The highest BCUT2D eigenvalue weighted by Gasteiger charge is 2.24. The van der Waals surface area contributed by atoms with E-state index in [2.05, 4.69) is 29.6 Å². The van der Waals surface area contributed by atoms with Gasteiger partial charge in [-0.05, 0) is 23.1 Å². The fraction of sp³-hybridized carbons (Fsp3) is 0.250. The Balaban J connectivity index is 1.54. The van der Waals surface area contributed by atoms with Crippen molar-refractivity contribution in [3.05, 3.63) is 75.3 Å². The van der Waals surface area contributed by atoms with Crippen molar-refractivity contribution in [1.82, 2.24) is 5.32 Å². The molecule has 4 nitrogen and oxygen atoms in total. The zero-order chi connectivity index (χ0) is 13.9. The van der Waals surface area contributed by atoms with Gasteiger partial charge < -0.3 is 5.32 Å². The molecule has 102 valence electrons. The van der Waals surface area contributed by atoms with Crippen molar-refractivity contribution in [3.63, 3.8) is 0 Å². The fourth-order valence-electron chi connectivity index (χ4n) is 2.72. The van der Waals surface area contributed by atoms with Gasteiger partial charge in [-0.15, -0.1) is 0 Å². The summed E-state index contributed by atoms with van der Waals surface area (Å²) in [6.07, 6.45) is 1.12. The topological polar surface area (TPSA) is 55.2 Å². The summed E-state index contributed by atoms with van der Waals surface area (Å²) in [5, 5.41) is 14.1. The lowest BCUT2D eigenvalue weighted by atomic mass is 9.77. The van der Waals surface area contributed by atoms with E-state index in [1.54, 1.807) is 12.1 Å². The lowest BCUT2D eigenvalue weighted by molar-refractivity contribution is -0.384. The van der Waals surface area contributed by atoms with Crippen LogP contribution in [0.25, 0.3) is 0 Å². The number of hydrogen-bond donors (Lipinski definition) is 1. The molecule has 1 N–H and O–H groups in total. The van der Waals surface area contributed by atoms with Gasteiger partial charge in [0, 0.05) is 31.1 Å².